The SMILES string of the molecule is O=C(O)N1CCN(C(=O)c2cc(Cl)c(I)c(F)c2F)[C@H](CO)C1. The van der Waals surface area contributed by atoms with Gasteiger partial charge in [0.15, 0.2) is 11.6 Å². The topological polar surface area (TPSA) is 81.1 Å². The number of hydrogen-bond donors (Lipinski definition) is 2. The number of hydrogen-bond acceptors (Lipinski definition) is 3. The number of aliphatic hydroxyl groups is 1. The number of amides is 2. The Bertz CT molecular complexity index is 661. The van der Waals surface area contributed by atoms with Gasteiger partial charge in [0.1, 0.15) is 0 Å². The van der Waals surface area contributed by atoms with Gasteiger partial charge in [-0.05, 0) is 28.7 Å². The summed E-state index contributed by atoms with van der Waals surface area (Å²) in [4.78, 5) is 25.6. The Balaban J connectivity index is 2.32. The van der Waals surface area contributed by atoms with E-state index < -0.39 is 41.8 Å². The molecule has 1 fully saturated rings. The molecule has 6 nitrogen and oxygen atoms in total. The summed E-state index contributed by atoms with van der Waals surface area (Å²) < 4.78 is 27.7. The maximum Gasteiger partial charge on any atom is 0.407 e. The number of aliphatic hydroxyl groups excluding tert-OH is 1. The smallest absolute Gasteiger partial charge is 0.407 e. The highest BCUT2D eigenvalue weighted by atomic mass is 127. The molecule has 1 aromatic rings. The fraction of sp³-hybridized carbons (Fsp3) is 0.385. The maximum absolute atomic E-state index is 14.0. The summed E-state index contributed by atoms with van der Waals surface area (Å²) in [5.41, 5.74) is -0.546. The van der Waals surface area contributed by atoms with Gasteiger partial charge in [-0.25, -0.2) is 13.6 Å². The first-order valence-corrected chi connectivity index (χ1v) is 7.96. The molecule has 1 atom stereocenters. The van der Waals surface area contributed by atoms with E-state index in [1.165, 1.54) is 22.6 Å². The average molecular weight is 461 g/mol. The quantitative estimate of drug-likeness (QED) is 0.402. The zero-order valence-electron chi connectivity index (χ0n) is 11.6. The van der Waals surface area contributed by atoms with Crippen LogP contribution < -0.4 is 0 Å². The van der Waals surface area contributed by atoms with Crippen molar-refractivity contribution in [1.82, 2.24) is 9.80 Å². The molecule has 0 saturated carbocycles. The third kappa shape index (κ3) is 3.50. The Morgan fingerprint density at radius 3 is 2.57 bits per heavy atom. The molecule has 126 valence electrons. The lowest BCUT2D eigenvalue weighted by molar-refractivity contribution is 0.0306. The van der Waals surface area contributed by atoms with Gasteiger partial charge in [-0.15, -0.1) is 0 Å². The van der Waals surface area contributed by atoms with Crippen LogP contribution in [0, 0.1) is 15.2 Å². The number of carboxylic acid groups (broad SMARTS) is 1. The number of carbonyl (C=O) groups excluding carboxylic acids is 1. The molecule has 0 unspecified atom stereocenters. The standard InChI is InChI=1S/C13H12ClF2IN2O4/c14-8-3-7(9(15)10(16)11(8)17)12(21)19-2-1-18(13(22)23)4-6(19)5-20/h3,6,20H,1-2,4-5H2,(H,22,23)/t6-/m0/s1. The Hall–Kier alpha value is -1.20. The van der Waals surface area contributed by atoms with Crippen LogP contribution in [0.15, 0.2) is 6.07 Å². The predicted molar refractivity (Wildman–Crippen MR) is 85.6 cm³/mol. The summed E-state index contributed by atoms with van der Waals surface area (Å²) >= 11 is 7.32. The number of carbonyl (C=O) groups is 2. The van der Waals surface area contributed by atoms with Gasteiger partial charge in [0.05, 0.1) is 26.8 Å². The van der Waals surface area contributed by atoms with Crippen LogP contribution in [0.4, 0.5) is 13.6 Å². The number of benzene rings is 1. The van der Waals surface area contributed by atoms with Crippen molar-refractivity contribution in [2.24, 2.45) is 0 Å². The van der Waals surface area contributed by atoms with Gasteiger partial charge in [0, 0.05) is 19.6 Å². The van der Waals surface area contributed by atoms with E-state index in [-0.39, 0.29) is 28.2 Å². The molecule has 1 saturated heterocycles. The number of nitrogens with zero attached hydrogens (tertiary/aromatic N) is 2. The summed E-state index contributed by atoms with van der Waals surface area (Å²) in [5, 5.41) is 18.2. The summed E-state index contributed by atoms with van der Waals surface area (Å²) in [6.45, 7) is -0.641. The minimum Gasteiger partial charge on any atom is -0.465 e. The Morgan fingerprint density at radius 2 is 2.00 bits per heavy atom. The molecule has 1 aliphatic heterocycles. The van der Waals surface area contributed by atoms with E-state index in [4.69, 9.17) is 16.7 Å². The molecule has 2 amide bonds. The van der Waals surface area contributed by atoms with Crippen molar-refractivity contribution >= 4 is 46.2 Å². The highest BCUT2D eigenvalue weighted by molar-refractivity contribution is 14.1. The van der Waals surface area contributed by atoms with Crippen LogP contribution in [-0.2, 0) is 0 Å². The van der Waals surface area contributed by atoms with E-state index in [9.17, 15) is 23.5 Å². The molecule has 2 rings (SSSR count). The monoisotopic (exact) mass is 460 g/mol. The summed E-state index contributed by atoms with van der Waals surface area (Å²) in [6.07, 6.45) is -1.18. The Labute approximate surface area is 148 Å². The minimum atomic E-state index is -1.32. The highest BCUT2D eigenvalue weighted by Crippen LogP contribution is 2.28. The normalized spacial score (nSPS) is 18.2. The van der Waals surface area contributed by atoms with Crippen molar-refractivity contribution in [3.05, 3.63) is 31.9 Å². The average Bonchev–Trinajstić information content (AvgIpc) is 2.54. The first kappa shape index (κ1) is 18.1. The molecule has 23 heavy (non-hydrogen) atoms. The van der Waals surface area contributed by atoms with Gasteiger partial charge in [-0.2, -0.15) is 0 Å². The van der Waals surface area contributed by atoms with Crippen LogP contribution in [0.1, 0.15) is 10.4 Å². The van der Waals surface area contributed by atoms with Gasteiger partial charge >= 0.3 is 6.09 Å². The van der Waals surface area contributed by atoms with E-state index in [2.05, 4.69) is 0 Å². The zero-order valence-corrected chi connectivity index (χ0v) is 14.5. The number of piperazine rings is 1. The number of halogens is 4. The summed E-state index contributed by atoms with van der Waals surface area (Å²) in [5.74, 6) is -3.38. The second-order valence-corrected chi connectivity index (χ2v) is 6.40. The first-order valence-electron chi connectivity index (χ1n) is 6.50. The molecular weight excluding hydrogens is 449 g/mol. The largest absolute Gasteiger partial charge is 0.465 e. The van der Waals surface area contributed by atoms with Crippen molar-refractivity contribution in [2.45, 2.75) is 6.04 Å². The van der Waals surface area contributed by atoms with Gasteiger partial charge in [-0.1, -0.05) is 11.6 Å². The van der Waals surface area contributed by atoms with Crippen LogP contribution in [0.3, 0.4) is 0 Å². The van der Waals surface area contributed by atoms with E-state index in [0.717, 1.165) is 15.9 Å². The van der Waals surface area contributed by atoms with Gasteiger partial charge in [0.2, 0.25) is 0 Å². The molecule has 10 heteroatoms. The van der Waals surface area contributed by atoms with Crippen LogP contribution in [0.5, 0.6) is 0 Å². The summed E-state index contributed by atoms with van der Waals surface area (Å²) in [7, 11) is 0. The first-order chi connectivity index (χ1) is 10.8. The lowest BCUT2D eigenvalue weighted by atomic mass is 10.1. The lowest BCUT2D eigenvalue weighted by Crippen LogP contribution is -2.57. The van der Waals surface area contributed by atoms with E-state index in [1.54, 1.807) is 0 Å². The fourth-order valence-electron chi connectivity index (χ4n) is 2.34. The molecule has 0 aromatic heterocycles. The highest BCUT2D eigenvalue weighted by Gasteiger charge is 2.34. The van der Waals surface area contributed by atoms with Crippen LogP contribution >= 0.6 is 34.2 Å². The number of rotatable bonds is 2. The molecule has 0 bridgehead atoms. The molecule has 1 aliphatic rings. The van der Waals surface area contributed by atoms with E-state index in [1.807, 2.05) is 0 Å². The lowest BCUT2D eigenvalue weighted by Gasteiger charge is -2.39. The van der Waals surface area contributed by atoms with Crippen molar-refractivity contribution in [3.8, 4) is 0 Å². The van der Waals surface area contributed by atoms with E-state index in [0.29, 0.717) is 0 Å². The van der Waals surface area contributed by atoms with Crippen molar-refractivity contribution < 1.29 is 28.6 Å². The van der Waals surface area contributed by atoms with Gasteiger partial charge in [0.25, 0.3) is 5.91 Å². The molecule has 1 heterocycles. The predicted octanol–water partition coefficient (Wildman–Crippen LogP) is 2.02. The van der Waals surface area contributed by atoms with Crippen LogP contribution in [0.25, 0.3) is 0 Å². The molecule has 1 aromatic carbocycles. The zero-order chi connectivity index (χ0) is 17.3. The van der Waals surface area contributed by atoms with Crippen molar-refractivity contribution in [3.63, 3.8) is 0 Å². The molecule has 0 radical (unpaired) electrons. The maximum atomic E-state index is 14.0. The Morgan fingerprint density at radius 1 is 1.35 bits per heavy atom. The molecule has 2 N–H and O–H groups in total. The molecular formula is C13H12ClF2IN2O4. The fourth-order valence-corrected chi connectivity index (χ4v) is 2.92. The Kier molecular flexibility index (Phi) is 5.63. The third-order valence-corrected chi connectivity index (χ3v) is 5.23. The van der Waals surface area contributed by atoms with Gasteiger partial charge in [-0.3, -0.25) is 4.79 Å². The molecule has 0 aliphatic carbocycles. The second-order valence-electron chi connectivity index (χ2n) is 4.91. The van der Waals surface area contributed by atoms with E-state index >= 15 is 0 Å². The minimum absolute atomic E-state index is 0.0137. The third-order valence-electron chi connectivity index (χ3n) is 3.56. The van der Waals surface area contributed by atoms with Crippen molar-refractivity contribution in [2.75, 3.05) is 26.2 Å². The summed E-state index contributed by atoms with van der Waals surface area (Å²) in [6, 6.07) is 0.190. The van der Waals surface area contributed by atoms with Gasteiger partial charge < -0.3 is 20.0 Å². The van der Waals surface area contributed by atoms with Crippen LogP contribution in [-0.4, -0.2) is 64.3 Å². The molecule has 0 spiro atoms. The second kappa shape index (κ2) is 7.14. The van der Waals surface area contributed by atoms with Crippen LogP contribution in [0.2, 0.25) is 5.02 Å². The van der Waals surface area contributed by atoms with Crippen molar-refractivity contribution in [1.29, 1.82) is 0 Å².